The first-order valence-corrected chi connectivity index (χ1v) is 7.74. The molecule has 100 valence electrons. The van der Waals surface area contributed by atoms with Crippen LogP contribution < -0.4 is 4.90 Å². The Bertz CT molecular complexity index is 441. The molecule has 0 aliphatic carbocycles. The van der Waals surface area contributed by atoms with Gasteiger partial charge in [-0.1, -0.05) is 0 Å². The summed E-state index contributed by atoms with van der Waals surface area (Å²) >= 11 is 3.19. The molecule has 1 aromatic rings. The van der Waals surface area contributed by atoms with Crippen molar-refractivity contribution in [3.63, 3.8) is 0 Å². The molecule has 1 aliphatic heterocycles. The molecule has 7 heteroatoms. The van der Waals surface area contributed by atoms with Crippen molar-refractivity contribution in [3.05, 3.63) is 21.1 Å². The Morgan fingerprint density at radius 1 is 1.67 bits per heavy atom. The van der Waals surface area contributed by atoms with Crippen molar-refractivity contribution in [1.29, 1.82) is 0 Å². The fourth-order valence-electron chi connectivity index (χ4n) is 1.97. The summed E-state index contributed by atoms with van der Waals surface area (Å²) in [5.41, 5.74) is 0.107. The predicted molar refractivity (Wildman–Crippen MR) is 75.7 cm³/mol. The molecule has 1 fully saturated rings. The maximum Gasteiger partial charge on any atom is 0.304 e. The van der Waals surface area contributed by atoms with Gasteiger partial charge in [-0.3, -0.25) is 10.1 Å². The Balaban J connectivity index is 2.32. The molecule has 1 unspecified atom stereocenters. The van der Waals surface area contributed by atoms with Crippen LogP contribution in [0.1, 0.15) is 24.3 Å². The number of thioether (sulfide) groups is 1. The summed E-state index contributed by atoms with van der Waals surface area (Å²) in [6.07, 6.45) is 0.397. The lowest BCUT2D eigenvalue weighted by Crippen LogP contribution is -2.30. The minimum atomic E-state index is -0.659. The van der Waals surface area contributed by atoms with Crippen LogP contribution in [0.5, 0.6) is 0 Å². The molecule has 0 saturated carbocycles. The third-order valence-electron chi connectivity index (χ3n) is 3.09. The molecule has 1 N–H and O–H groups in total. The van der Waals surface area contributed by atoms with Gasteiger partial charge in [0.05, 0.1) is 11.0 Å². The summed E-state index contributed by atoms with van der Waals surface area (Å²) in [6, 6.07) is 1.85. The van der Waals surface area contributed by atoms with Crippen molar-refractivity contribution in [3.8, 4) is 0 Å². The monoisotopic (exact) mass is 288 g/mol. The van der Waals surface area contributed by atoms with E-state index >= 15 is 0 Å². The number of thiophene rings is 1. The molecule has 0 radical (unpaired) electrons. The number of hydrogen-bond donors (Lipinski definition) is 1. The Kier molecular flexibility index (Phi) is 4.14. The molecule has 1 saturated heterocycles. The maximum atomic E-state index is 11.1. The van der Waals surface area contributed by atoms with Gasteiger partial charge in [0, 0.05) is 29.8 Å². The minimum Gasteiger partial charge on any atom is -0.388 e. The highest BCUT2D eigenvalue weighted by Crippen LogP contribution is 2.41. The Hall–Kier alpha value is -0.790. The first-order chi connectivity index (χ1) is 8.50. The minimum absolute atomic E-state index is 0.107. The second kappa shape index (κ2) is 5.46. The number of anilines is 1. The molecule has 2 heterocycles. The SMILES string of the molecule is C[C@@H](O)c1cc([N+](=O)[O-])c(N(C)C2CCSC2)s1. The number of nitro groups is 1. The Morgan fingerprint density at radius 2 is 2.39 bits per heavy atom. The number of aliphatic hydroxyl groups is 1. The largest absolute Gasteiger partial charge is 0.388 e. The van der Waals surface area contributed by atoms with Gasteiger partial charge in [-0.05, 0) is 19.1 Å². The topological polar surface area (TPSA) is 66.6 Å². The second-order valence-electron chi connectivity index (χ2n) is 4.40. The first-order valence-electron chi connectivity index (χ1n) is 5.77. The molecule has 0 bridgehead atoms. The third kappa shape index (κ3) is 2.62. The summed E-state index contributed by atoms with van der Waals surface area (Å²) in [7, 11) is 1.90. The van der Waals surface area contributed by atoms with Gasteiger partial charge in [0.15, 0.2) is 5.00 Å². The van der Waals surface area contributed by atoms with E-state index < -0.39 is 6.10 Å². The maximum absolute atomic E-state index is 11.1. The van der Waals surface area contributed by atoms with E-state index in [-0.39, 0.29) is 10.6 Å². The van der Waals surface area contributed by atoms with E-state index in [0.717, 1.165) is 17.9 Å². The first kappa shape index (κ1) is 13.6. The summed E-state index contributed by atoms with van der Waals surface area (Å²) in [5.74, 6) is 2.12. The summed E-state index contributed by atoms with van der Waals surface area (Å²) in [6.45, 7) is 1.63. The lowest BCUT2D eigenvalue weighted by Gasteiger charge is -2.23. The van der Waals surface area contributed by atoms with Gasteiger partial charge in [0.1, 0.15) is 0 Å². The van der Waals surface area contributed by atoms with E-state index in [4.69, 9.17) is 0 Å². The third-order valence-corrected chi connectivity index (χ3v) is 5.62. The van der Waals surface area contributed by atoms with Gasteiger partial charge < -0.3 is 10.0 Å². The molecule has 1 aromatic heterocycles. The van der Waals surface area contributed by atoms with Crippen molar-refractivity contribution in [2.75, 3.05) is 23.5 Å². The molecule has 1 aliphatic rings. The van der Waals surface area contributed by atoms with Gasteiger partial charge in [-0.15, -0.1) is 11.3 Å². The zero-order valence-corrected chi connectivity index (χ0v) is 12.0. The molecule has 0 spiro atoms. The normalized spacial score (nSPS) is 20.9. The summed E-state index contributed by atoms with van der Waals surface area (Å²) < 4.78 is 0. The predicted octanol–water partition coefficient (Wildman–Crippen LogP) is 2.65. The molecule has 5 nitrogen and oxygen atoms in total. The molecule has 2 rings (SSSR count). The quantitative estimate of drug-likeness (QED) is 0.681. The van der Waals surface area contributed by atoms with Crippen LogP contribution in [-0.2, 0) is 0 Å². The highest BCUT2D eigenvalue weighted by molar-refractivity contribution is 7.99. The van der Waals surface area contributed by atoms with Gasteiger partial charge in [-0.25, -0.2) is 0 Å². The number of rotatable bonds is 4. The van der Waals surface area contributed by atoms with E-state index in [1.165, 1.54) is 17.4 Å². The molecule has 2 atom stereocenters. The van der Waals surface area contributed by atoms with Crippen LogP contribution in [0.2, 0.25) is 0 Å². The van der Waals surface area contributed by atoms with Crippen LogP contribution >= 0.6 is 23.1 Å². The molecule has 18 heavy (non-hydrogen) atoms. The van der Waals surface area contributed by atoms with Crippen molar-refractivity contribution < 1.29 is 10.0 Å². The van der Waals surface area contributed by atoms with E-state index in [2.05, 4.69) is 0 Å². The molecular weight excluding hydrogens is 272 g/mol. The standard InChI is InChI=1S/C11H16N2O3S2/c1-7(14)10-5-9(13(15)16)11(18-10)12(2)8-3-4-17-6-8/h5,7-8,14H,3-4,6H2,1-2H3/t7-,8?/m1/s1. The van der Waals surface area contributed by atoms with Crippen molar-refractivity contribution in [2.45, 2.75) is 25.5 Å². The van der Waals surface area contributed by atoms with Gasteiger partial charge in [-0.2, -0.15) is 11.8 Å². The second-order valence-corrected chi connectivity index (χ2v) is 6.61. The highest BCUT2D eigenvalue weighted by Gasteiger charge is 2.29. The summed E-state index contributed by atoms with van der Waals surface area (Å²) in [5, 5.41) is 21.3. The van der Waals surface area contributed by atoms with Crippen LogP contribution in [0.4, 0.5) is 10.7 Å². The van der Waals surface area contributed by atoms with Crippen LogP contribution in [0.15, 0.2) is 6.07 Å². The lowest BCUT2D eigenvalue weighted by molar-refractivity contribution is -0.383. The average molecular weight is 288 g/mol. The van der Waals surface area contributed by atoms with E-state index in [1.807, 2.05) is 23.7 Å². The fourth-order valence-corrected chi connectivity index (χ4v) is 4.34. The van der Waals surface area contributed by atoms with Gasteiger partial charge in [0.25, 0.3) is 0 Å². The Morgan fingerprint density at radius 3 is 2.89 bits per heavy atom. The van der Waals surface area contributed by atoms with Gasteiger partial charge in [0.2, 0.25) is 0 Å². The van der Waals surface area contributed by atoms with E-state index in [1.54, 1.807) is 6.92 Å². The molecular formula is C11H16N2O3S2. The number of hydrogen-bond acceptors (Lipinski definition) is 6. The van der Waals surface area contributed by atoms with E-state index in [0.29, 0.717) is 15.9 Å². The van der Waals surface area contributed by atoms with Gasteiger partial charge >= 0.3 is 5.69 Å². The van der Waals surface area contributed by atoms with Crippen LogP contribution in [0.3, 0.4) is 0 Å². The van der Waals surface area contributed by atoms with Crippen molar-refractivity contribution in [2.24, 2.45) is 0 Å². The molecule has 0 aromatic carbocycles. The van der Waals surface area contributed by atoms with Crippen LogP contribution in [0, 0.1) is 10.1 Å². The number of nitrogens with zero attached hydrogens (tertiary/aromatic N) is 2. The smallest absolute Gasteiger partial charge is 0.304 e. The fraction of sp³-hybridized carbons (Fsp3) is 0.636. The average Bonchev–Trinajstić information content (AvgIpc) is 2.97. The highest BCUT2D eigenvalue weighted by atomic mass is 32.2. The van der Waals surface area contributed by atoms with E-state index in [9.17, 15) is 15.2 Å². The van der Waals surface area contributed by atoms with Crippen LogP contribution in [-0.4, -0.2) is 34.6 Å². The van der Waals surface area contributed by atoms with Crippen molar-refractivity contribution >= 4 is 33.8 Å². The zero-order valence-electron chi connectivity index (χ0n) is 10.3. The Labute approximate surface area is 114 Å². The summed E-state index contributed by atoms with van der Waals surface area (Å²) in [4.78, 5) is 13.4. The lowest BCUT2D eigenvalue weighted by atomic mass is 10.2. The van der Waals surface area contributed by atoms with Crippen LogP contribution in [0.25, 0.3) is 0 Å². The molecule has 0 amide bonds. The number of aliphatic hydroxyl groups excluding tert-OH is 1. The zero-order chi connectivity index (χ0) is 13.3. The van der Waals surface area contributed by atoms with Crippen molar-refractivity contribution in [1.82, 2.24) is 0 Å².